The Morgan fingerprint density at radius 2 is 1.60 bits per heavy atom. The molecule has 1 aromatic heterocycles. The third kappa shape index (κ3) is 4.53. The zero-order valence-electron chi connectivity index (χ0n) is 17.2. The van der Waals surface area contributed by atoms with Crippen molar-refractivity contribution >= 4 is 17.8 Å². The third-order valence-corrected chi connectivity index (χ3v) is 4.72. The Kier molecular flexibility index (Phi) is 6.89. The van der Waals surface area contributed by atoms with E-state index in [0.29, 0.717) is 37.9 Å². The van der Waals surface area contributed by atoms with Crippen LogP contribution < -0.4 is 19.1 Å². The highest BCUT2D eigenvalue weighted by molar-refractivity contribution is 5.95. The first-order chi connectivity index (χ1) is 14.6. The van der Waals surface area contributed by atoms with Gasteiger partial charge in [0.15, 0.2) is 18.1 Å². The van der Waals surface area contributed by atoms with Gasteiger partial charge in [-0.05, 0) is 18.2 Å². The molecule has 1 aliphatic heterocycles. The molecule has 0 N–H and O–H groups in total. The Hall–Kier alpha value is -3.56. The molecule has 10 heteroatoms. The maximum atomic E-state index is 12.5. The third-order valence-electron chi connectivity index (χ3n) is 4.72. The standard InChI is InChI=1S/C20H24N4O6/c1-27-15-6-5-14(17(28-2)18(15)29-3)19(26)30-13-16(25)23-9-11-24(12-10-23)20-21-7-4-8-22-20/h4-8H,9-13H2,1-3H3. The van der Waals surface area contributed by atoms with Crippen LogP contribution in [0.1, 0.15) is 10.4 Å². The van der Waals surface area contributed by atoms with Gasteiger partial charge in [-0.25, -0.2) is 14.8 Å². The fourth-order valence-electron chi connectivity index (χ4n) is 3.17. The molecule has 0 aliphatic carbocycles. The van der Waals surface area contributed by atoms with E-state index in [1.807, 2.05) is 4.90 Å². The molecular formula is C20H24N4O6. The van der Waals surface area contributed by atoms with Crippen LogP contribution in [0.4, 0.5) is 5.95 Å². The van der Waals surface area contributed by atoms with Gasteiger partial charge < -0.3 is 28.7 Å². The van der Waals surface area contributed by atoms with Crippen molar-refractivity contribution in [2.45, 2.75) is 0 Å². The summed E-state index contributed by atoms with van der Waals surface area (Å²) in [6, 6.07) is 4.83. The summed E-state index contributed by atoms with van der Waals surface area (Å²) in [6.07, 6.45) is 3.36. The number of benzene rings is 1. The molecule has 30 heavy (non-hydrogen) atoms. The molecule has 0 spiro atoms. The molecule has 2 heterocycles. The maximum Gasteiger partial charge on any atom is 0.342 e. The molecule has 0 saturated carbocycles. The predicted octanol–water partition coefficient (Wildman–Crippen LogP) is 1.01. The number of esters is 1. The van der Waals surface area contributed by atoms with Gasteiger partial charge in [0.25, 0.3) is 5.91 Å². The summed E-state index contributed by atoms with van der Waals surface area (Å²) in [4.78, 5) is 37.1. The van der Waals surface area contributed by atoms with Crippen LogP contribution in [-0.2, 0) is 9.53 Å². The van der Waals surface area contributed by atoms with Crippen molar-refractivity contribution in [3.05, 3.63) is 36.2 Å². The van der Waals surface area contributed by atoms with Crippen molar-refractivity contribution in [1.82, 2.24) is 14.9 Å². The van der Waals surface area contributed by atoms with E-state index in [4.69, 9.17) is 18.9 Å². The summed E-state index contributed by atoms with van der Waals surface area (Å²) in [6.45, 7) is 1.83. The number of anilines is 1. The molecule has 3 rings (SSSR count). The van der Waals surface area contributed by atoms with Crippen LogP contribution in [0.15, 0.2) is 30.6 Å². The largest absolute Gasteiger partial charge is 0.493 e. The van der Waals surface area contributed by atoms with Gasteiger partial charge in [0, 0.05) is 38.6 Å². The number of amides is 1. The average Bonchev–Trinajstić information content (AvgIpc) is 2.81. The number of rotatable bonds is 7. The summed E-state index contributed by atoms with van der Waals surface area (Å²) in [5, 5.41) is 0. The van der Waals surface area contributed by atoms with E-state index >= 15 is 0 Å². The number of methoxy groups -OCH3 is 3. The van der Waals surface area contributed by atoms with Gasteiger partial charge in [-0.3, -0.25) is 4.79 Å². The van der Waals surface area contributed by atoms with Gasteiger partial charge in [-0.1, -0.05) is 0 Å². The molecular weight excluding hydrogens is 392 g/mol. The lowest BCUT2D eigenvalue weighted by Crippen LogP contribution is -2.50. The van der Waals surface area contributed by atoms with Gasteiger partial charge in [-0.15, -0.1) is 0 Å². The van der Waals surface area contributed by atoms with E-state index in [1.165, 1.54) is 27.4 Å². The number of carbonyl (C=O) groups excluding carboxylic acids is 2. The molecule has 2 aromatic rings. The predicted molar refractivity (Wildman–Crippen MR) is 107 cm³/mol. The van der Waals surface area contributed by atoms with Crippen LogP contribution in [0.2, 0.25) is 0 Å². The number of carbonyl (C=O) groups is 2. The van der Waals surface area contributed by atoms with Crippen molar-refractivity contribution in [3.63, 3.8) is 0 Å². The summed E-state index contributed by atoms with van der Waals surface area (Å²) in [5.74, 6) is 0.568. The minimum absolute atomic E-state index is 0.147. The van der Waals surface area contributed by atoms with Gasteiger partial charge in [-0.2, -0.15) is 0 Å². The fourth-order valence-corrected chi connectivity index (χ4v) is 3.17. The Morgan fingerprint density at radius 3 is 2.20 bits per heavy atom. The molecule has 1 amide bonds. The van der Waals surface area contributed by atoms with Crippen LogP contribution in [0.3, 0.4) is 0 Å². The molecule has 0 radical (unpaired) electrons. The Bertz CT molecular complexity index is 884. The SMILES string of the molecule is COc1ccc(C(=O)OCC(=O)N2CCN(c3ncccn3)CC2)c(OC)c1OC. The number of ether oxygens (including phenoxy) is 4. The Balaban J connectivity index is 1.57. The van der Waals surface area contributed by atoms with Crippen molar-refractivity contribution in [2.24, 2.45) is 0 Å². The molecule has 1 fully saturated rings. The lowest BCUT2D eigenvalue weighted by atomic mass is 10.1. The van der Waals surface area contributed by atoms with Crippen LogP contribution in [-0.4, -0.2) is 80.9 Å². The highest BCUT2D eigenvalue weighted by Gasteiger charge is 2.25. The quantitative estimate of drug-likeness (QED) is 0.612. The monoisotopic (exact) mass is 416 g/mol. The summed E-state index contributed by atoms with van der Waals surface area (Å²) in [7, 11) is 4.34. The van der Waals surface area contributed by atoms with Crippen molar-refractivity contribution in [1.29, 1.82) is 0 Å². The number of nitrogens with zero attached hydrogens (tertiary/aromatic N) is 4. The molecule has 0 unspecified atom stereocenters. The van der Waals surface area contributed by atoms with Gasteiger partial charge in [0.1, 0.15) is 5.56 Å². The van der Waals surface area contributed by atoms with E-state index < -0.39 is 5.97 Å². The van der Waals surface area contributed by atoms with E-state index in [0.717, 1.165) is 0 Å². The minimum atomic E-state index is -0.683. The second-order valence-corrected chi connectivity index (χ2v) is 6.37. The van der Waals surface area contributed by atoms with E-state index in [9.17, 15) is 9.59 Å². The van der Waals surface area contributed by atoms with Crippen molar-refractivity contribution in [2.75, 3.05) is 59.0 Å². The molecule has 10 nitrogen and oxygen atoms in total. The smallest absolute Gasteiger partial charge is 0.342 e. The van der Waals surface area contributed by atoms with Crippen molar-refractivity contribution in [3.8, 4) is 17.2 Å². The highest BCUT2D eigenvalue weighted by Crippen LogP contribution is 2.39. The number of aromatic nitrogens is 2. The van der Waals surface area contributed by atoms with Gasteiger partial charge >= 0.3 is 5.97 Å². The summed E-state index contributed by atoms with van der Waals surface area (Å²) in [5.41, 5.74) is 0.147. The zero-order chi connectivity index (χ0) is 21.5. The van der Waals surface area contributed by atoms with Crippen LogP contribution >= 0.6 is 0 Å². The second-order valence-electron chi connectivity index (χ2n) is 6.37. The highest BCUT2D eigenvalue weighted by atomic mass is 16.5. The molecule has 160 valence electrons. The second kappa shape index (κ2) is 9.77. The lowest BCUT2D eigenvalue weighted by Gasteiger charge is -2.34. The topological polar surface area (TPSA) is 103 Å². The zero-order valence-corrected chi connectivity index (χ0v) is 17.2. The average molecular weight is 416 g/mol. The van der Waals surface area contributed by atoms with Gasteiger partial charge in [0.05, 0.1) is 21.3 Å². The molecule has 1 saturated heterocycles. The number of hydrogen-bond acceptors (Lipinski definition) is 9. The number of piperazine rings is 1. The van der Waals surface area contributed by atoms with E-state index in [1.54, 1.807) is 29.4 Å². The normalized spacial score (nSPS) is 13.6. The first kappa shape index (κ1) is 21.2. The maximum absolute atomic E-state index is 12.5. The summed E-state index contributed by atoms with van der Waals surface area (Å²) < 4.78 is 21.0. The Morgan fingerprint density at radius 1 is 0.933 bits per heavy atom. The first-order valence-corrected chi connectivity index (χ1v) is 9.34. The first-order valence-electron chi connectivity index (χ1n) is 9.34. The van der Waals surface area contributed by atoms with Crippen molar-refractivity contribution < 1.29 is 28.5 Å². The summed E-state index contributed by atoms with van der Waals surface area (Å²) >= 11 is 0. The molecule has 0 bridgehead atoms. The van der Waals surface area contributed by atoms with Crippen LogP contribution in [0.25, 0.3) is 0 Å². The minimum Gasteiger partial charge on any atom is -0.493 e. The van der Waals surface area contributed by atoms with Gasteiger partial charge in [0.2, 0.25) is 11.7 Å². The Labute approximate surface area is 174 Å². The fraction of sp³-hybridized carbons (Fsp3) is 0.400. The lowest BCUT2D eigenvalue weighted by molar-refractivity contribution is -0.134. The van der Waals surface area contributed by atoms with E-state index in [2.05, 4.69) is 9.97 Å². The number of hydrogen-bond donors (Lipinski definition) is 0. The van der Waals surface area contributed by atoms with Crippen LogP contribution in [0.5, 0.6) is 17.2 Å². The molecule has 1 aliphatic rings. The molecule has 1 aromatic carbocycles. The molecule has 0 atom stereocenters. The van der Waals surface area contributed by atoms with E-state index in [-0.39, 0.29) is 29.6 Å². The van der Waals surface area contributed by atoms with Crippen LogP contribution in [0, 0.1) is 0 Å².